The summed E-state index contributed by atoms with van der Waals surface area (Å²) in [6.45, 7) is 7.91. The highest BCUT2D eigenvalue weighted by Crippen LogP contribution is 2.34. The molecular weight excluding hydrogens is 310 g/mol. The first-order valence-electron chi connectivity index (χ1n) is 8.22. The highest BCUT2D eigenvalue weighted by atomic mass is 32.2. The van der Waals surface area contributed by atoms with Crippen molar-refractivity contribution in [3.8, 4) is 0 Å². The lowest BCUT2D eigenvalue weighted by Crippen LogP contribution is -2.57. The predicted molar refractivity (Wildman–Crippen MR) is 91.1 cm³/mol. The van der Waals surface area contributed by atoms with Crippen LogP contribution in [0.2, 0.25) is 0 Å². The predicted octanol–water partition coefficient (Wildman–Crippen LogP) is 2.39. The zero-order valence-electron chi connectivity index (χ0n) is 14.1. The summed E-state index contributed by atoms with van der Waals surface area (Å²) in [6.07, 6.45) is 0.868. The third-order valence-corrected chi connectivity index (χ3v) is 6.64. The van der Waals surface area contributed by atoms with Gasteiger partial charge in [-0.1, -0.05) is 39.0 Å². The molecule has 23 heavy (non-hydrogen) atoms. The molecule has 1 aromatic rings. The van der Waals surface area contributed by atoms with Gasteiger partial charge in [-0.25, -0.2) is 8.42 Å². The van der Waals surface area contributed by atoms with E-state index in [9.17, 15) is 13.2 Å². The van der Waals surface area contributed by atoms with Gasteiger partial charge in [0.1, 0.15) is 0 Å². The fourth-order valence-corrected chi connectivity index (χ4v) is 5.23. The summed E-state index contributed by atoms with van der Waals surface area (Å²) in [7, 11) is -2.77. The van der Waals surface area contributed by atoms with Crippen molar-refractivity contribution in [2.45, 2.75) is 27.2 Å². The average molecular weight is 335 g/mol. The Morgan fingerprint density at radius 1 is 1.13 bits per heavy atom. The molecule has 0 N–H and O–H groups in total. The second-order valence-corrected chi connectivity index (χ2v) is 10.4. The molecule has 2 aliphatic rings. The van der Waals surface area contributed by atoms with Crippen LogP contribution in [0.25, 0.3) is 0 Å². The Morgan fingerprint density at radius 3 is 2.30 bits per heavy atom. The number of hydrogen-bond donors (Lipinski definition) is 0. The lowest BCUT2D eigenvalue weighted by molar-refractivity contribution is 0.0398. The van der Waals surface area contributed by atoms with Gasteiger partial charge in [0.2, 0.25) is 0 Å². The number of amides is 1. The monoisotopic (exact) mass is 335 g/mol. The molecule has 0 aliphatic carbocycles. The molecule has 0 atom stereocenters. The standard InChI is InChI=1S/C18H25NO3S/c1-18(2,3)8-13-6-4-5-7-16(13)17(20)19-9-14(10-19)15-11-23(21,22)12-15/h4-7,14-15H,8-12H2,1-3H3. The normalized spacial score (nSPS) is 21.6. The first-order valence-corrected chi connectivity index (χ1v) is 10.0. The summed E-state index contributed by atoms with van der Waals surface area (Å²) in [5.74, 6) is 1.31. The molecule has 0 radical (unpaired) electrons. The summed E-state index contributed by atoms with van der Waals surface area (Å²) >= 11 is 0. The summed E-state index contributed by atoms with van der Waals surface area (Å²) < 4.78 is 22.6. The number of likely N-dealkylation sites (tertiary alicyclic amines) is 1. The number of sulfone groups is 1. The second kappa shape index (κ2) is 5.62. The van der Waals surface area contributed by atoms with Crippen LogP contribution in [-0.4, -0.2) is 43.8 Å². The molecule has 3 rings (SSSR count). The highest BCUT2D eigenvalue weighted by molar-refractivity contribution is 7.92. The van der Waals surface area contributed by atoms with Crippen LogP contribution in [0.15, 0.2) is 24.3 Å². The molecule has 0 saturated carbocycles. The third kappa shape index (κ3) is 3.60. The molecule has 2 fully saturated rings. The Kier molecular flexibility index (Phi) is 4.03. The summed E-state index contributed by atoms with van der Waals surface area (Å²) in [4.78, 5) is 14.6. The maximum absolute atomic E-state index is 12.7. The maximum Gasteiger partial charge on any atom is 0.254 e. The van der Waals surface area contributed by atoms with Crippen molar-refractivity contribution in [2.75, 3.05) is 24.6 Å². The molecule has 1 aromatic carbocycles. The number of hydrogen-bond acceptors (Lipinski definition) is 3. The molecule has 2 aliphatic heterocycles. The first kappa shape index (κ1) is 16.5. The van der Waals surface area contributed by atoms with Crippen molar-refractivity contribution in [3.63, 3.8) is 0 Å². The van der Waals surface area contributed by atoms with Gasteiger partial charge < -0.3 is 4.90 Å². The SMILES string of the molecule is CC(C)(C)Cc1ccccc1C(=O)N1CC(C2CS(=O)(=O)C2)C1. The Hall–Kier alpha value is -1.36. The summed E-state index contributed by atoms with van der Waals surface area (Å²) in [5.41, 5.74) is 2.02. The zero-order chi connectivity index (χ0) is 16.8. The molecule has 0 unspecified atom stereocenters. The van der Waals surface area contributed by atoms with E-state index in [0.29, 0.717) is 30.5 Å². The molecule has 1 amide bonds. The van der Waals surface area contributed by atoms with Crippen LogP contribution in [0.4, 0.5) is 0 Å². The van der Waals surface area contributed by atoms with Gasteiger partial charge in [0.05, 0.1) is 11.5 Å². The van der Waals surface area contributed by atoms with Crippen LogP contribution in [0.1, 0.15) is 36.7 Å². The van der Waals surface area contributed by atoms with E-state index in [1.807, 2.05) is 29.2 Å². The Bertz CT molecular complexity index is 700. The van der Waals surface area contributed by atoms with Crippen LogP contribution >= 0.6 is 0 Å². The lowest BCUT2D eigenvalue weighted by Gasteiger charge is -2.46. The molecule has 0 aromatic heterocycles. The topological polar surface area (TPSA) is 54.5 Å². The van der Waals surface area contributed by atoms with Crippen LogP contribution in [0, 0.1) is 17.3 Å². The van der Waals surface area contributed by atoms with E-state index in [0.717, 1.165) is 17.5 Å². The van der Waals surface area contributed by atoms with E-state index in [1.54, 1.807) is 0 Å². The van der Waals surface area contributed by atoms with Crippen molar-refractivity contribution < 1.29 is 13.2 Å². The zero-order valence-corrected chi connectivity index (χ0v) is 14.9. The quantitative estimate of drug-likeness (QED) is 0.852. The van der Waals surface area contributed by atoms with Gasteiger partial charge in [-0.05, 0) is 35.3 Å². The third-order valence-electron chi connectivity index (χ3n) is 4.77. The maximum atomic E-state index is 12.7. The van der Waals surface area contributed by atoms with Crippen molar-refractivity contribution in [1.82, 2.24) is 4.90 Å². The summed E-state index contributed by atoms with van der Waals surface area (Å²) in [6, 6.07) is 7.84. The van der Waals surface area contributed by atoms with Gasteiger partial charge in [0, 0.05) is 18.7 Å². The molecule has 126 valence electrons. The van der Waals surface area contributed by atoms with Crippen molar-refractivity contribution in [3.05, 3.63) is 35.4 Å². The van der Waals surface area contributed by atoms with E-state index < -0.39 is 9.84 Å². The van der Waals surface area contributed by atoms with Gasteiger partial charge in [0.25, 0.3) is 5.91 Å². The molecular formula is C18H25NO3S. The van der Waals surface area contributed by atoms with Gasteiger partial charge in [-0.15, -0.1) is 0 Å². The van der Waals surface area contributed by atoms with Crippen LogP contribution in [-0.2, 0) is 16.3 Å². The van der Waals surface area contributed by atoms with Crippen LogP contribution in [0.3, 0.4) is 0 Å². The number of carbonyl (C=O) groups excluding carboxylic acids is 1. The van der Waals surface area contributed by atoms with E-state index in [-0.39, 0.29) is 17.2 Å². The fraction of sp³-hybridized carbons (Fsp3) is 0.611. The van der Waals surface area contributed by atoms with E-state index in [4.69, 9.17) is 0 Å². The lowest BCUT2D eigenvalue weighted by atomic mass is 9.84. The largest absolute Gasteiger partial charge is 0.338 e. The Morgan fingerprint density at radius 2 is 1.74 bits per heavy atom. The molecule has 4 nitrogen and oxygen atoms in total. The van der Waals surface area contributed by atoms with Crippen molar-refractivity contribution in [2.24, 2.45) is 17.3 Å². The molecule has 0 spiro atoms. The first-order chi connectivity index (χ1) is 10.6. The van der Waals surface area contributed by atoms with E-state index in [2.05, 4.69) is 20.8 Å². The fourth-order valence-electron chi connectivity index (χ4n) is 3.48. The Balaban J connectivity index is 1.64. The average Bonchev–Trinajstić information content (AvgIpc) is 2.33. The molecule has 2 saturated heterocycles. The van der Waals surface area contributed by atoms with E-state index >= 15 is 0 Å². The minimum Gasteiger partial charge on any atom is -0.338 e. The van der Waals surface area contributed by atoms with Crippen molar-refractivity contribution >= 4 is 15.7 Å². The second-order valence-electron chi connectivity index (χ2n) is 8.20. The minimum atomic E-state index is -2.77. The Labute approximate surface area is 138 Å². The smallest absolute Gasteiger partial charge is 0.254 e. The van der Waals surface area contributed by atoms with Crippen LogP contribution < -0.4 is 0 Å². The minimum absolute atomic E-state index is 0.0864. The molecule has 5 heteroatoms. The van der Waals surface area contributed by atoms with Gasteiger partial charge >= 0.3 is 0 Å². The van der Waals surface area contributed by atoms with Gasteiger partial charge in [0.15, 0.2) is 9.84 Å². The number of rotatable bonds is 3. The van der Waals surface area contributed by atoms with Crippen molar-refractivity contribution in [1.29, 1.82) is 0 Å². The highest BCUT2D eigenvalue weighted by Gasteiger charge is 2.45. The molecule has 0 bridgehead atoms. The van der Waals surface area contributed by atoms with Gasteiger partial charge in [-0.3, -0.25) is 4.79 Å². The number of nitrogens with zero attached hydrogens (tertiary/aromatic N) is 1. The van der Waals surface area contributed by atoms with Gasteiger partial charge in [-0.2, -0.15) is 0 Å². The number of benzene rings is 1. The number of carbonyl (C=O) groups is 1. The molecule has 2 heterocycles. The van der Waals surface area contributed by atoms with E-state index in [1.165, 1.54) is 0 Å². The summed E-state index contributed by atoms with van der Waals surface area (Å²) in [5, 5.41) is 0. The van der Waals surface area contributed by atoms with Crippen LogP contribution in [0.5, 0.6) is 0 Å².